The molecule has 0 bridgehead atoms. The maximum atomic E-state index is 11.4. The number of nitrogens with one attached hydrogen (secondary N) is 1. The number of aliphatic carboxylic acids is 1. The van der Waals surface area contributed by atoms with Gasteiger partial charge in [-0.05, 0) is 12.8 Å². The molecule has 18 heavy (non-hydrogen) atoms. The third kappa shape index (κ3) is 1.81. The number of aromatic nitrogens is 2. The van der Waals surface area contributed by atoms with Crippen LogP contribution in [0.3, 0.4) is 0 Å². The fraction of sp³-hybridized carbons (Fsp3) is 0.545. The molecule has 98 valence electrons. The van der Waals surface area contributed by atoms with Gasteiger partial charge in [-0.15, -0.1) is 0 Å². The molecule has 1 aliphatic rings. The van der Waals surface area contributed by atoms with Crippen LogP contribution in [0.5, 0.6) is 0 Å². The second-order valence-corrected chi connectivity index (χ2v) is 4.58. The number of H-pyrrole nitrogens is 1. The summed E-state index contributed by atoms with van der Waals surface area (Å²) in [6, 6.07) is 0. The Morgan fingerprint density at radius 2 is 2.44 bits per heavy atom. The molecule has 7 heteroatoms. The molecule has 1 saturated heterocycles. The van der Waals surface area contributed by atoms with Gasteiger partial charge in [-0.25, -0.2) is 4.98 Å². The molecule has 0 amide bonds. The number of anilines is 2. The van der Waals surface area contributed by atoms with Gasteiger partial charge in [-0.2, -0.15) is 0 Å². The third-order valence-corrected chi connectivity index (χ3v) is 3.65. The van der Waals surface area contributed by atoms with Crippen molar-refractivity contribution in [1.82, 2.24) is 9.97 Å². The minimum absolute atomic E-state index is 0.0368. The van der Waals surface area contributed by atoms with E-state index < -0.39 is 16.9 Å². The maximum absolute atomic E-state index is 11.4. The number of nitrogens with two attached hydrogens (primary N) is 1. The van der Waals surface area contributed by atoms with Crippen molar-refractivity contribution in [2.45, 2.75) is 19.8 Å². The summed E-state index contributed by atoms with van der Waals surface area (Å²) in [5.74, 6) is -0.439. The second kappa shape index (κ2) is 4.32. The highest BCUT2D eigenvalue weighted by molar-refractivity contribution is 5.77. The lowest BCUT2D eigenvalue weighted by molar-refractivity contribution is -0.147. The summed E-state index contributed by atoms with van der Waals surface area (Å²) in [5, 5.41) is 9.31. The van der Waals surface area contributed by atoms with Gasteiger partial charge in [0.05, 0.1) is 11.7 Å². The minimum atomic E-state index is -0.809. The normalized spacial score (nSPS) is 23.3. The van der Waals surface area contributed by atoms with E-state index in [-0.39, 0.29) is 5.69 Å². The first-order chi connectivity index (χ1) is 8.50. The van der Waals surface area contributed by atoms with Crippen molar-refractivity contribution in [2.24, 2.45) is 5.41 Å². The summed E-state index contributed by atoms with van der Waals surface area (Å²) in [6.45, 7) is 2.73. The molecule has 1 aromatic rings. The number of carboxylic acid groups (broad SMARTS) is 1. The van der Waals surface area contributed by atoms with E-state index in [0.29, 0.717) is 31.7 Å². The number of carbonyl (C=O) groups is 1. The van der Waals surface area contributed by atoms with Gasteiger partial charge < -0.3 is 20.7 Å². The van der Waals surface area contributed by atoms with Crippen LogP contribution < -0.4 is 16.2 Å². The van der Waals surface area contributed by atoms with E-state index in [4.69, 9.17) is 5.73 Å². The highest BCUT2D eigenvalue weighted by atomic mass is 16.4. The van der Waals surface area contributed by atoms with Crippen molar-refractivity contribution in [3.8, 4) is 0 Å². The van der Waals surface area contributed by atoms with Gasteiger partial charge in [0.15, 0.2) is 5.82 Å². The Bertz CT molecular complexity index is 527. The van der Waals surface area contributed by atoms with E-state index in [0.717, 1.165) is 0 Å². The molecule has 0 spiro atoms. The van der Waals surface area contributed by atoms with Crippen molar-refractivity contribution in [2.75, 3.05) is 23.7 Å². The summed E-state index contributed by atoms with van der Waals surface area (Å²) in [4.78, 5) is 30.9. The number of nitrogens with zero attached hydrogens (tertiary/aromatic N) is 2. The van der Waals surface area contributed by atoms with Crippen LogP contribution in [0.15, 0.2) is 11.1 Å². The van der Waals surface area contributed by atoms with E-state index in [1.165, 1.54) is 6.33 Å². The molecule has 1 fully saturated rings. The molecule has 1 aliphatic heterocycles. The Morgan fingerprint density at radius 3 is 3.00 bits per heavy atom. The van der Waals surface area contributed by atoms with E-state index >= 15 is 0 Å². The summed E-state index contributed by atoms with van der Waals surface area (Å²) in [6.07, 6.45) is 2.36. The minimum Gasteiger partial charge on any atom is -0.481 e. The van der Waals surface area contributed by atoms with E-state index in [9.17, 15) is 14.7 Å². The summed E-state index contributed by atoms with van der Waals surface area (Å²) < 4.78 is 0. The van der Waals surface area contributed by atoms with E-state index in [1.807, 2.05) is 6.92 Å². The molecule has 2 heterocycles. The van der Waals surface area contributed by atoms with Crippen molar-refractivity contribution >= 4 is 17.5 Å². The van der Waals surface area contributed by atoms with Crippen molar-refractivity contribution in [3.05, 3.63) is 16.7 Å². The van der Waals surface area contributed by atoms with Gasteiger partial charge >= 0.3 is 5.97 Å². The fourth-order valence-electron chi connectivity index (χ4n) is 2.32. The Labute approximate surface area is 104 Å². The number of carboxylic acids is 1. The molecule has 1 atom stereocenters. The SMILES string of the molecule is CCC1(C(=O)O)CCN(c2nc[nH]c(=O)c2N)C1. The van der Waals surface area contributed by atoms with Crippen molar-refractivity contribution < 1.29 is 9.90 Å². The number of nitrogen functional groups attached to an aromatic ring is 1. The first kappa shape index (κ1) is 12.4. The zero-order chi connectivity index (χ0) is 13.3. The van der Waals surface area contributed by atoms with Crippen LogP contribution in [0.1, 0.15) is 19.8 Å². The highest BCUT2D eigenvalue weighted by Gasteiger charge is 2.44. The van der Waals surface area contributed by atoms with Crippen LogP contribution >= 0.6 is 0 Å². The Balaban J connectivity index is 2.31. The van der Waals surface area contributed by atoms with Gasteiger partial charge in [0, 0.05) is 13.1 Å². The number of hydrogen-bond acceptors (Lipinski definition) is 5. The molecule has 2 rings (SSSR count). The lowest BCUT2D eigenvalue weighted by atomic mass is 9.84. The van der Waals surface area contributed by atoms with Gasteiger partial charge in [-0.3, -0.25) is 9.59 Å². The molecule has 7 nitrogen and oxygen atoms in total. The van der Waals surface area contributed by atoms with Gasteiger partial charge in [0.25, 0.3) is 5.56 Å². The molecule has 0 radical (unpaired) electrons. The van der Waals surface area contributed by atoms with Crippen LogP contribution in [-0.2, 0) is 4.79 Å². The van der Waals surface area contributed by atoms with Crippen LogP contribution in [-0.4, -0.2) is 34.1 Å². The van der Waals surface area contributed by atoms with Crippen molar-refractivity contribution in [1.29, 1.82) is 0 Å². The highest BCUT2D eigenvalue weighted by Crippen LogP contribution is 2.36. The zero-order valence-electron chi connectivity index (χ0n) is 10.1. The summed E-state index contributed by atoms with van der Waals surface area (Å²) in [7, 11) is 0. The topological polar surface area (TPSA) is 112 Å². The largest absolute Gasteiger partial charge is 0.481 e. The maximum Gasteiger partial charge on any atom is 0.311 e. The van der Waals surface area contributed by atoms with Crippen LogP contribution in [0.25, 0.3) is 0 Å². The van der Waals surface area contributed by atoms with Gasteiger partial charge in [-0.1, -0.05) is 6.92 Å². The molecule has 0 aromatic carbocycles. The number of rotatable bonds is 3. The lowest BCUT2D eigenvalue weighted by Gasteiger charge is -2.23. The first-order valence-corrected chi connectivity index (χ1v) is 5.81. The Kier molecular flexibility index (Phi) is 2.98. The monoisotopic (exact) mass is 252 g/mol. The summed E-state index contributed by atoms with van der Waals surface area (Å²) >= 11 is 0. The second-order valence-electron chi connectivity index (χ2n) is 4.58. The average Bonchev–Trinajstić information content (AvgIpc) is 2.78. The number of hydrogen-bond donors (Lipinski definition) is 3. The van der Waals surface area contributed by atoms with E-state index in [2.05, 4.69) is 9.97 Å². The first-order valence-electron chi connectivity index (χ1n) is 5.81. The number of aromatic amines is 1. The third-order valence-electron chi connectivity index (χ3n) is 3.65. The average molecular weight is 252 g/mol. The van der Waals surface area contributed by atoms with Crippen molar-refractivity contribution in [3.63, 3.8) is 0 Å². The standard InChI is InChI=1S/C11H16N4O3/c1-2-11(10(17)18)3-4-15(5-11)8-7(12)9(16)14-6-13-8/h6H,2-5,12H2,1H3,(H,17,18)(H,13,14,16). The molecule has 0 aliphatic carbocycles. The van der Waals surface area contributed by atoms with Crippen LogP contribution in [0, 0.1) is 5.41 Å². The van der Waals surface area contributed by atoms with Crippen LogP contribution in [0.4, 0.5) is 11.5 Å². The molecular weight excluding hydrogens is 236 g/mol. The molecule has 0 saturated carbocycles. The van der Waals surface area contributed by atoms with Gasteiger partial charge in [0.1, 0.15) is 5.69 Å². The molecular formula is C11H16N4O3. The molecule has 1 aromatic heterocycles. The fourth-order valence-corrected chi connectivity index (χ4v) is 2.32. The van der Waals surface area contributed by atoms with Gasteiger partial charge in [0.2, 0.25) is 0 Å². The quantitative estimate of drug-likeness (QED) is 0.700. The van der Waals surface area contributed by atoms with E-state index in [1.54, 1.807) is 4.90 Å². The molecule has 4 N–H and O–H groups in total. The lowest BCUT2D eigenvalue weighted by Crippen LogP contribution is -2.35. The zero-order valence-corrected chi connectivity index (χ0v) is 10.1. The predicted molar refractivity (Wildman–Crippen MR) is 66.5 cm³/mol. The van der Waals surface area contributed by atoms with Crippen LogP contribution in [0.2, 0.25) is 0 Å². The summed E-state index contributed by atoms with van der Waals surface area (Å²) in [5.41, 5.74) is 4.54. The predicted octanol–water partition coefficient (Wildman–Crippen LogP) is 0.0432. The Morgan fingerprint density at radius 1 is 1.72 bits per heavy atom. The smallest absolute Gasteiger partial charge is 0.311 e. The molecule has 1 unspecified atom stereocenters. The Hall–Kier alpha value is -2.05.